The van der Waals surface area contributed by atoms with E-state index in [4.69, 9.17) is 10.00 Å². The first kappa shape index (κ1) is 22.9. The van der Waals surface area contributed by atoms with Crippen molar-refractivity contribution in [1.82, 2.24) is 15.0 Å². The predicted molar refractivity (Wildman–Crippen MR) is 122 cm³/mol. The Balaban J connectivity index is 1.49. The number of rotatable bonds is 4. The Labute approximate surface area is 203 Å². The number of alkyl halides is 3. The van der Waals surface area contributed by atoms with Crippen LogP contribution < -0.4 is 14.5 Å². The summed E-state index contributed by atoms with van der Waals surface area (Å²) in [5.41, 5.74) is -3.18. The fraction of sp³-hybridized carbons (Fsp3) is 0.261. The maximum Gasteiger partial charge on any atom is 0.419 e. The third-order valence-electron chi connectivity index (χ3n) is 6.15. The molecule has 8 nitrogen and oxygen atoms in total. The molecule has 1 saturated heterocycles. The highest BCUT2D eigenvalue weighted by Gasteiger charge is 2.60. The van der Waals surface area contributed by atoms with Crippen LogP contribution >= 0.6 is 12.6 Å². The minimum Gasteiger partial charge on any atom is -0.424 e. The molecular formula is C23H17F3N6O2S. The van der Waals surface area contributed by atoms with Crippen LogP contribution in [0.25, 0.3) is 0 Å². The number of halogens is 3. The van der Waals surface area contributed by atoms with Crippen LogP contribution in [0, 0.1) is 11.3 Å². The fourth-order valence-corrected chi connectivity index (χ4v) is 4.97. The van der Waals surface area contributed by atoms with Crippen molar-refractivity contribution in [3.63, 3.8) is 0 Å². The molecule has 35 heavy (non-hydrogen) atoms. The smallest absolute Gasteiger partial charge is 0.419 e. The predicted octanol–water partition coefficient (Wildman–Crippen LogP) is 4.54. The van der Waals surface area contributed by atoms with E-state index in [1.807, 2.05) is 0 Å². The normalized spacial score (nSPS) is 18.9. The fourth-order valence-electron chi connectivity index (χ4n) is 4.38. The zero-order chi connectivity index (χ0) is 24.8. The van der Waals surface area contributed by atoms with Crippen molar-refractivity contribution in [3.05, 3.63) is 66.2 Å². The van der Waals surface area contributed by atoms with Gasteiger partial charge in [-0.25, -0.2) is 15.0 Å². The van der Waals surface area contributed by atoms with E-state index in [2.05, 4.69) is 27.6 Å². The summed E-state index contributed by atoms with van der Waals surface area (Å²) >= 11 is 4.63. The van der Waals surface area contributed by atoms with E-state index in [0.29, 0.717) is 24.3 Å². The summed E-state index contributed by atoms with van der Waals surface area (Å²) in [6.45, 7) is 0. The van der Waals surface area contributed by atoms with Gasteiger partial charge in [-0.15, -0.1) is 12.6 Å². The maximum atomic E-state index is 13.5. The molecule has 0 radical (unpaired) electrons. The molecule has 3 aromatic rings. The van der Waals surface area contributed by atoms with E-state index >= 15 is 0 Å². The molecule has 2 aromatic heterocycles. The van der Waals surface area contributed by atoms with Crippen molar-refractivity contribution < 1.29 is 22.7 Å². The molecule has 1 spiro atoms. The van der Waals surface area contributed by atoms with Crippen molar-refractivity contribution >= 4 is 29.9 Å². The van der Waals surface area contributed by atoms with Crippen molar-refractivity contribution in [2.45, 2.75) is 36.5 Å². The molecule has 1 aliphatic heterocycles. The van der Waals surface area contributed by atoms with Crippen LogP contribution in [0.15, 0.2) is 55.0 Å². The largest absolute Gasteiger partial charge is 0.424 e. The Kier molecular flexibility index (Phi) is 5.52. The average Bonchev–Trinajstić information content (AvgIpc) is 3.06. The number of thiol groups is 1. The second kappa shape index (κ2) is 8.42. The van der Waals surface area contributed by atoms with Crippen LogP contribution in [0.2, 0.25) is 0 Å². The van der Waals surface area contributed by atoms with Crippen LogP contribution in [0.5, 0.6) is 11.8 Å². The maximum absolute atomic E-state index is 13.5. The lowest BCUT2D eigenvalue weighted by Gasteiger charge is -2.44. The van der Waals surface area contributed by atoms with E-state index in [1.54, 1.807) is 47.6 Å². The Bertz CT molecular complexity index is 1310. The highest BCUT2D eigenvalue weighted by atomic mass is 32.1. The highest BCUT2D eigenvalue weighted by molar-refractivity contribution is 7.81. The van der Waals surface area contributed by atoms with Gasteiger partial charge in [0.2, 0.25) is 0 Å². The lowest BCUT2D eigenvalue weighted by Crippen LogP contribution is -2.55. The van der Waals surface area contributed by atoms with Crippen molar-refractivity contribution in [3.8, 4) is 17.8 Å². The number of ether oxygens (including phenoxy) is 1. The molecule has 2 fully saturated rings. The van der Waals surface area contributed by atoms with Crippen molar-refractivity contribution in [1.29, 1.82) is 5.26 Å². The number of pyridine rings is 1. The quantitative estimate of drug-likeness (QED) is 0.528. The van der Waals surface area contributed by atoms with Gasteiger partial charge in [-0.1, -0.05) is 0 Å². The minimum absolute atomic E-state index is 0.0729. The first-order valence-electron chi connectivity index (χ1n) is 10.6. The Hall–Kier alpha value is -3.85. The number of benzene rings is 1. The number of nitrogens with zero attached hydrogens (tertiary/aromatic N) is 6. The van der Waals surface area contributed by atoms with Gasteiger partial charge in [0.15, 0.2) is 11.2 Å². The second-order valence-corrected chi connectivity index (χ2v) is 8.57. The molecule has 1 aromatic carbocycles. The van der Waals surface area contributed by atoms with Gasteiger partial charge in [-0.3, -0.25) is 9.69 Å². The summed E-state index contributed by atoms with van der Waals surface area (Å²) in [6, 6.07) is 11.0. The lowest BCUT2D eigenvalue weighted by molar-refractivity contribution is -0.138. The standard InChI is InChI=1S/C23H17F3N6O2S/c24-23(25,26)17-11-15(13-30-18(17)12-27)31-19(33)22(7-1-8-22)32(21(31)35)14-3-5-16(6-4-14)34-20-28-9-2-10-29-20/h2-6,9-11,13,21,35H,1,7-8H2. The number of hydrogen-bond donors (Lipinski definition) is 1. The monoisotopic (exact) mass is 498 g/mol. The summed E-state index contributed by atoms with van der Waals surface area (Å²) in [5, 5.41) is 9.04. The summed E-state index contributed by atoms with van der Waals surface area (Å²) in [7, 11) is 0. The summed E-state index contributed by atoms with van der Waals surface area (Å²) in [6.07, 6.45) is 1.26. The topological polar surface area (TPSA) is 95.2 Å². The highest BCUT2D eigenvalue weighted by Crippen LogP contribution is 2.50. The third-order valence-corrected chi connectivity index (χ3v) is 6.61. The molecule has 1 aliphatic carbocycles. The Morgan fingerprint density at radius 3 is 2.37 bits per heavy atom. The van der Waals surface area contributed by atoms with Crippen LogP contribution in [-0.2, 0) is 11.0 Å². The Morgan fingerprint density at radius 2 is 1.80 bits per heavy atom. The first-order valence-corrected chi connectivity index (χ1v) is 11.1. The zero-order valence-corrected chi connectivity index (χ0v) is 18.9. The van der Waals surface area contributed by atoms with E-state index in [1.165, 1.54) is 11.0 Å². The number of aromatic nitrogens is 3. The molecule has 1 saturated carbocycles. The van der Waals surface area contributed by atoms with E-state index in [-0.39, 0.29) is 17.6 Å². The van der Waals surface area contributed by atoms with Gasteiger partial charge >= 0.3 is 12.2 Å². The molecule has 3 heterocycles. The van der Waals surface area contributed by atoms with Crippen molar-refractivity contribution in [2.24, 2.45) is 0 Å². The lowest BCUT2D eigenvalue weighted by atomic mass is 9.75. The van der Waals surface area contributed by atoms with E-state index < -0.39 is 28.5 Å². The van der Waals surface area contributed by atoms with E-state index in [0.717, 1.165) is 18.7 Å². The molecular weight excluding hydrogens is 481 g/mol. The zero-order valence-electron chi connectivity index (χ0n) is 18.0. The molecule has 1 atom stereocenters. The number of hydrogen-bond acceptors (Lipinski definition) is 8. The van der Waals surface area contributed by atoms with Gasteiger partial charge in [-0.2, -0.15) is 18.4 Å². The number of amides is 1. The first-order chi connectivity index (χ1) is 16.7. The molecule has 0 N–H and O–H groups in total. The summed E-state index contributed by atoms with van der Waals surface area (Å²) in [4.78, 5) is 28.2. The van der Waals surface area contributed by atoms with Gasteiger partial charge in [0.25, 0.3) is 5.91 Å². The molecule has 0 bridgehead atoms. The SMILES string of the molecule is N#Cc1ncc(N2C(=O)C3(CCC3)N(c3ccc(Oc4ncccn4)cc3)C2S)cc1C(F)(F)F. The third kappa shape index (κ3) is 3.81. The second-order valence-electron chi connectivity index (χ2n) is 8.10. The molecule has 2 aliphatic rings. The van der Waals surface area contributed by atoms with Gasteiger partial charge in [-0.05, 0) is 55.7 Å². The van der Waals surface area contributed by atoms with E-state index in [9.17, 15) is 18.0 Å². The average molecular weight is 498 g/mol. The summed E-state index contributed by atoms with van der Waals surface area (Å²) in [5.74, 6) is 0.119. The van der Waals surface area contributed by atoms with Gasteiger partial charge in [0.05, 0.1) is 17.4 Å². The van der Waals surface area contributed by atoms with Crippen molar-refractivity contribution in [2.75, 3.05) is 9.80 Å². The van der Waals surface area contributed by atoms with Crippen LogP contribution in [0.4, 0.5) is 24.5 Å². The minimum atomic E-state index is -4.80. The summed E-state index contributed by atoms with van der Waals surface area (Å²) < 4.78 is 46.2. The van der Waals surface area contributed by atoms with Gasteiger partial charge < -0.3 is 9.64 Å². The number of carbonyl (C=O) groups excluding carboxylic acids is 1. The van der Waals surface area contributed by atoms with Gasteiger partial charge in [0, 0.05) is 18.1 Å². The molecule has 1 unspecified atom stereocenters. The number of nitriles is 1. The van der Waals surface area contributed by atoms with Gasteiger partial charge in [0.1, 0.15) is 17.4 Å². The van der Waals surface area contributed by atoms with Crippen LogP contribution in [0.3, 0.4) is 0 Å². The molecule has 178 valence electrons. The molecule has 5 rings (SSSR count). The number of anilines is 2. The van der Waals surface area contributed by atoms with Crippen LogP contribution in [-0.4, -0.2) is 31.9 Å². The number of carbonyl (C=O) groups is 1. The molecule has 12 heteroatoms. The van der Waals surface area contributed by atoms with Crippen LogP contribution in [0.1, 0.15) is 30.5 Å². The molecule has 1 amide bonds. The Morgan fingerprint density at radius 1 is 1.11 bits per heavy atom.